The van der Waals surface area contributed by atoms with Crippen LogP contribution >= 0.6 is 12.4 Å². The van der Waals surface area contributed by atoms with Crippen molar-refractivity contribution < 1.29 is 19.1 Å². The highest BCUT2D eigenvalue weighted by molar-refractivity contribution is 5.95. The molecule has 3 N–H and O–H groups in total. The predicted molar refractivity (Wildman–Crippen MR) is 87.3 cm³/mol. The molecule has 0 aliphatic heterocycles. The zero-order valence-electron chi connectivity index (χ0n) is 13.0. The number of anilines is 1. The van der Waals surface area contributed by atoms with E-state index in [9.17, 15) is 9.59 Å². The highest BCUT2D eigenvalue weighted by atomic mass is 35.5. The summed E-state index contributed by atoms with van der Waals surface area (Å²) in [7, 11) is 1.29. The first-order valence-electron chi connectivity index (χ1n) is 6.84. The molecule has 0 fully saturated rings. The summed E-state index contributed by atoms with van der Waals surface area (Å²) in [6, 6.07) is 6.20. The number of carbonyl (C=O) groups excluding carboxylic acids is 2. The summed E-state index contributed by atoms with van der Waals surface area (Å²) < 4.78 is 9.74. The molecule has 0 aliphatic rings. The molecule has 0 spiro atoms. The fraction of sp³-hybridized carbons (Fsp3) is 0.467. The molecule has 1 aromatic rings. The Morgan fingerprint density at radius 1 is 1.36 bits per heavy atom. The molecule has 0 bridgehead atoms. The molecule has 0 aliphatic carbocycles. The SMILES string of the molecule is CCC(C)C(N)C(=O)Nc1cccc(OCC(=O)OC)c1.Cl. The van der Waals surface area contributed by atoms with Gasteiger partial charge in [0.05, 0.1) is 13.2 Å². The number of benzene rings is 1. The third kappa shape index (κ3) is 6.32. The van der Waals surface area contributed by atoms with Crippen molar-refractivity contribution in [3.63, 3.8) is 0 Å². The van der Waals surface area contributed by atoms with E-state index in [1.54, 1.807) is 24.3 Å². The topological polar surface area (TPSA) is 90.7 Å². The van der Waals surface area contributed by atoms with Crippen molar-refractivity contribution in [2.75, 3.05) is 19.0 Å². The van der Waals surface area contributed by atoms with Crippen molar-refractivity contribution in [1.82, 2.24) is 0 Å². The predicted octanol–water partition coefficient (Wildman–Crippen LogP) is 1.97. The number of amides is 1. The van der Waals surface area contributed by atoms with Crippen LogP contribution in [-0.4, -0.2) is 31.6 Å². The fourth-order valence-electron chi connectivity index (χ4n) is 1.60. The monoisotopic (exact) mass is 330 g/mol. The van der Waals surface area contributed by atoms with E-state index >= 15 is 0 Å². The molecule has 7 heteroatoms. The van der Waals surface area contributed by atoms with Crippen molar-refractivity contribution >= 4 is 30.0 Å². The van der Waals surface area contributed by atoms with Crippen LogP contribution in [0.4, 0.5) is 5.69 Å². The fourth-order valence-corrected chi connectivity index (χ4v) is 1.60. The number of methoxy groups -OCH3 is 1. The van der Waals surface area contributed by atoms with Crippen LogP contribution < -0.4 is 15.8 Å². The van der Waals surface area contributed by atoms with Crippen LogP contribution in [0.1, 0.15) is 20.3 Å². The van der Waals surface area contributed by atoms with Crippen molar-refractivity contribution in [1.29, 1.82) is 0 Å². The summed E-state index contributed by atoms with van der Waals surface area (Å²) in [5, 5.41) is 2.74. The number of rotatable bonds is 7. The molecular weight excluding hydrogens is 308 g/mol. The van der Waals surface area contributed by atoms with E-state index in [1.807, 2.05) is 13.8 Å². The Balaban J connectivity index is 0.00000441. The van der Waals surface area contributed by atoms with Gasteiger partial charge in [0.2, 0.25) is 5.91 Å². The zero-order valence-corrected chi connectivity index (χ0v) is 13.8. The molecule has 2 atom stereocenters. The third-order valence-electron chi connectivity index (χ3n) is 3.25. The Labute approximate surface area is 136 Å². The van der Waals surface area contributed by atoms with Gasteiger partial charge >= 0.3 is 5.97 Å². The second-order valence-corrected chi connectivity index (χ2v) is 4.79. The van der Waals surface area contributed by atoms with Crippen molar-refractivity contribution in [3.8, 4) is 5.75 Å². The lowest BCUT2D eigenvalue weighted by Crippen LogP contribution is -2.40. The average Bonchev–Trinajstić information content (AvgIpc) is 2.51. The normalized spacial score (nSPS) is 12.5. The van der Waals surface area contributed by atoms with Crippen LogP contribution in [0, 0.1) is 5.92 Å². The molecule has 0 heterocycles. The van der Waals surface area contributed by atoms with Gasteiger partial charge in [-0.3, -0.25) is 4.79 Å². The number of hydrogen-bond acceptors (Lipinski definition) is 5. The van der Waals surface area contributed by atoms with Crippen molar-refractivity contribution in [2.24, 2.45) is 11.7 Å². The Morgan fingerprint density at radius 3 is 2.64 bits per heavy atom. The van der Waals surface area contributed by atoms with Gasteiger partial charge in [0.15, 0.2) is 6.61 Å². The van der Waals surface area contributed by atoms with Gasteiger partial charge in [-0.25, -0.2) is 4.79 Å². The second kappa shape index (κ2) is 10.0. The minimum atomic E-state index is -0.561. The molecule has 0 saturated carbocycles. The molecular formula is C15H23ClN2O4. The van der Waals surface area contributed by atoms with Gasteiger partial charge in [-0.1, -0.05) is 26.3 Å². The number of carbonyl (C=O) groups is 2. The summed E-state index contributed by atoms with van der Waals surface area (Å²) in [4.78, 5) is 23.0. The minimum absolute atomic E-state index is 0. The Morgan fingerprint density at radius 2 is 2.05 bits per heavy atom. The molecule has 124 valence electrons. The standard InChI is InChI=1S/C15H22N2O4.ClH/c1-4-10(2)14(16)15(19)17-11-6-5-7-12(8-11)21-9-13(18)20-3;/h5-8,10,14H,4,9,16H2,1-3H3,(H,17,19);1H. The zero-order chi connectivity index (χ0) is 15.8. The summed E-state index contributed by atoms with van der Waals surface area (Å²) in [6.45, 7) is 3.74. The van der Waals surface area contributed by atoms with Crippen molar-refractivity contribution in [2.45, 2.75) is 26.3 Å². The lowest BCUT2D eigenvalue weighted by atomic mass is 9.99. The van der Waals surface area contributed by atoms with E-state index in [2.05, 4.69) is 10.1 Å². The molecule has 1 aromatic carbocycles. The van der Waals surface area contributed by atoms with E-state index in [0.29, 0.717) is 11.4 Å². The van der Waals surface area contributed by atoms with Gasteiger partial charge in [0.25, 0.3) is 0 Å². The number of nitrogens with two attached hydrogens (primary N) is 1. The first kappa shape index (κ1) is 20.2. The molecule has 22 heavy (non-hydrogen) atoms. The van der Waals surface area contributed by atoms with Gasteiger partial charge in [-0.15, -0.1) is 12.4 Å². The highest BCUT2D eigenvalue weighted by Gasteiger charge is 2.19. The summed E-state index contributed by atoms with van der Waals surface area (Å²) in [5.41, 5.74) is 6.44. The van der Waals surface area contributed by atoms with Gasteiger partial charge in [-0.05, 0) is 18.1 Å². The summed E-state index contributed by atoms with van der Waals surface area (Å²) in [6.07, 6.45) is 0.830. The first-order chi connectivity index (χ1) is 9.97. The summed E-state index contributed by atoms with van der Waals surface area (Å²) >= 11 is 0. The number of halogens is 1. The van der Waals surface area contributed by atoms with Crippen LogP contribution in [0.15, 0.2) is 24.3 Å². The maximum absolute atomic E-state index is 12.0. The molecule has 2 unspecified atom stereocenters. The van der Waals surface area contributed by atoms with Crippen LogP contribution in [0.5, 0.6) is 5.75 Å². The lowest BCUT2D eigenvalue weighted by Gasteiger charge is -2.18. The van der Waals surface area contributed by atoms with Gasteiger partial charge in [0.1, 0.15) is 5.75 Å². The largest absolute Gasteiger partial charge is 0.482 e. The van der Waals surface area contributed by atoms with Gasteiger partial charge < -0.3 is 20.5 Å². The summed E-state index contributed by atoms with van der Waals surface area (Å²) in [5.74, 6) is -0.142. The third-order valence-corrected chi connectivity index (χ3v) is 3.25. The van der Waals surface area contributed by atoms with Crippen LogP contribution in [0.3, 0.4) is 0 Å². The van der Waals surface area contributed by atoms with Crippen molar-refractivity contribution in [3.05, 3.63) is 24.3 Å². The average molecular weight is 331 g/mol. The molecule has 6 nitrogen and oxygen atoms in total. The molecule has 0 radical (unpaired) electrons. The Bertz CT molecular complexity index is 496. The quantitative estimate of drug-likeness (QED) is 0.746. The maximum atomic E-state index is 12.0. The number of nitrogens with one attached hydrogen (secondary N) is 1. The first-order valence-corrected chi connectivity index (χ1v) is 6.84. The lowest BCUT2D eigenvalue weighted by molar-refractivity contribution is -0.142. The van der Waals surface area contributed by atoms with E-state index in [-0.39, 0.29) is 30.8 Å². The van der Waals surface area contributed by atoms with E-state index in [1.165, 1.54) is 7.11 Å². The Hall–Kier alpha value is -1.79. The number of hydrogen-bond donors (Lipinski definition) is 2. The van der Waals surface area contributed by atoms with Crippen LogP contribution in [-0.2, 0) is 14.3 Å². The smallest absolute Gasteiger partial charge is 0.343 e. The molecule has 0 saturated heterocycles. The van der Waals surface area contributed by atoms with E-state index < -0.39 is 12.0 Å². The second-order valence-electron chi connectivity index (χ2n) is 4.79. The molecule has 1 amide bonds. The number of ether oxygens (including phenoxy) is 2. The maximum Gasteiger partial charge on any atom is 0.343 e. The minimum Gasteiger partial charge on any atom is -0.482 e. The van der Waals surface area contributed by atoms with Gasteiger partial charge in [-0.2, -0.15) is 0 Å². The highest BCUT2D eigenvalue weighted by Crippen LogP contribution is 2.18. The van der Waals surface area contributed by atoms with E-state index in [0.717, 1.165) is 6.42 Å². The molecule has 0 aromatic heterocycles. The van der Waals surface area contributed by atoms with E-state index in [4.69, 9.17) is 10.5 Å². The van der Waals surface area contributed by atoms with Crippen LogP contribution in [0.2, 0.25) is 0 Å². The Kier molecular flexibility index (Phi) is 9.21. The van der Waals surface area contributed by atoms with Crippen LogP contribution in [0.25, 0.3) is 0 Å². The van der Waals surface area contributed by atoms with Gasteiger partial charge in [0, 0.05) is 11.8 Å². The number of esters is 1. The molecule has 1 rings (SSSR count).